The molecule has 0 saturated heterocycles. The van der Waals surface area contributed by atoms with E-state index in [0.29, 0.717) is 0 Å². The summed E-state index contributed by atoms with van der Waals surface area (Å²) in [7, 11) is 0. The fourth-order valence-corrected chi connectivity index (χ4v) is 1.07. The van der Waals surface area contributed by atoms with Crippen molar-refractivity contribution in [3.8, 4) is 0 Å². The first-order valence-corrected chi connectivity index (χ1v) is 4.52. The van der Waals surface area contributed by atoms with E-state index in [0.717, 1.165) is 0 Å². The normalized spacial score (nSPS) is 9.55. The molecule has 0 heteroatoms. The van der Waals surface area contributed by atoms with Crippen LogP contribution >= 0.6 is 0 Å². The molecule has 0 aromatic heterocycles. The van der Waals surface area contributed by atoms with Gasteiger partial charge < -0.3 is 0 Å². The maximum absolute atomic E-state index is 3.87. The van der Waals surface area contributed by atoms with Gasteiger partial charge in [-0.05, 0) is 32.6 Å². The van der Waals surface area contributed by atoms with E-state index in [2.05, 4.69) is 20.1 Å². The van der Waals surface area contributed by atoms with Crippen LogP contribution in [0, 0.1) is 0 Å². The molecule has 0 bridgehead atoms. The van der Waals surface area contributed by atoms with Crippen LogP contribution in [0.15, 0.2) is 24.8 Å². The first-order chi connectivity index (χ1) is 5.27. The van der Waals surface area contributed by atoms with Gasteiger partial charge in [-0.3, -0.25) is 0 Å². The van der Waals surface area contributed by atoms with Crippen LogP contribution in [0.2, 0.25) is 0 Å². The van der Waals surface area contributed by atoms with E-state index in [1.54, 1.807) is 0 Å². The number of rotatable bonds is 7. The second-order valence-electron chi connectivity index (χ2n) is 3.20. The summed E-state index contributed by atoms with van der Waals surface area (Å²) < 4.78 is 0. The molecule has 0 aliphatic carbocycles. The summed E-state index contributed by atoms with van der Waals surface area (Å²) in [4.78, 5) is 0. The van der Waals surface area contributed by atoms with Gasteiger partial charge in [0, 0.05) is 0 Å². The number of hydrogen-bond donors (Lipinski definition) is 0. The molecule has 0 N–H and O–H groups in total. The lowest BCUT2D eigenvalue weighted by molar-refractivity contribution is 0.645. The van der Waals surface area contributed by atoms with Gasteiger partial charge in [0.15, 0.2) is 0 Å². The van der Waals surface area contributed by atoms with Gasteiger partial charge in [-0.1, -0.05) is 24.5 Å². The van der Waals surface area contributed by atoms with E-state index in [1.807, 2.05) is 6.08 Å². The van der Waals surface area contributed by atoms with Crippen molar-refractivity contribution >= 4 is 0 Å². The molecular formula is C11H20. The summed E-state index contributed by atoms with van der Waals surface area (Å²) in [5, 5.41) is 0. The van der Waals surface area contributed by atoms with E-state index >= 15 is 0 Å². The lowest BCUT2D eigenvalue weighted by atomic mass is 10.1. The Labute approximate surface area is 71.0 Å². The van der Waals surface area contributed by atoms with E-state index in [1.165, 1.54) is 44.1 Å². The Hall–Kier alpha value is -0.520. The van der Waals surface area contributed by atoms with Gasteiger partial charge in [-0.25, -0.2) is 0 Å². The molecule has 11 heavy (non-hydrogen) atoms. The Bertz CT molecular complexity index is 111. The summed E-state index contributed by atoms with van der Waals surface area (Å²) in [5.74, 6) is 0. The van der Waals surface area contributed by atoms with Crippen LogP contribution in [-0.2, 0) is 0 Å². The van der Waals surface area contributed by atoms with Gasteiger partial charge in [0.2, 0.25) is 0 Å². The third-order valence-corrected chi connectivity index (χ3v) is 1.76. The first-order valence-electron chi connectivity index (χ1n) is 4.52. The van der Waals surface area contributed by atoms with Crippen molar-refractivity contribution in [2.45, 2.75) is 45.4 Å². The Balaban J connectivity index is 2.90. The van der Waals surface area contributed by atoms with E-state index in [9.17, 15) is 0 Å². The number of hydrogen-bond acceptors (Lipinski definition) is 0. The minimum atomic E-state index is 1.17. The van der Waals surface area contributed by atoms with Crippen molar-refractivity contribution in [2.24, 2.45) is 0 Å². The molecule has 64 valence electrons. The van der Waals surface area contributed by atoms with Crippen molar-refractivity contribution in [1.29, 1.82) is 0 Å². The summed E-state index contributed by atoms with van der Waals surface area (Å²) in [5.41, 5.74) is 1.31. The molecule has 0 aliphatic rings. The Morgan fingerprint density at radius 3 is 2.36 bits per heavy atom. The van der Waals surface area contributed by atoms with Crippen LogP contribution in [0.5, 0.6) is 0 Å². The molecule has 0 aromatic carbocycles. The zero-order chi connectivity index (χ0) is 8.53. The van der Waals surface area contributed by atoms with Gasteiger partial charge in [0.1, 0.15) is 0 Å². The smallest absolute Gasteiger partial charge is 0.0326 e. The SMILES string of the molecule is C=CCCCCCCC(=C)C. The van der Waals surface area contributed by atoms with Crippen molar-refractivity contribution in [3.63, 3.8) is 0 Å². The standard InChI is InChI=1S/C11H20/c1-4-5-6-7-8-9-10-11(2)3/h4H,1-2,5-10H2,3H3. The first kappa shape index (κ1) is 10.5. The number of allylic oxidation sites excluding steroid dienone is 2. The monoisotopic (exact) mass is 152 g/mol. The quantitative estimate of drug-likeness (QED) is 0.381. The highest BCUT2D eigenvalue weighted by Gasteiger charge is 1.88. The fraction of sp³-hybridized carbons (Fsp3) is 0.636. The molecule has 0 heterocycles. The molecule has 0 fully saturated rings. The van der Waals surface area contributed by atoms with E-state index in [4.69, 9.17) is 0 Å². The molecule has 0 spiro atoms. The average molecular weight is 152 g/mol. The van der Waals surface area contributed by atoms with Crippen LogP contribution in [0.25, 0.3) is 0 Å². The van der Waals surface area contributed by atoms with Gasteiger partial charge in [0.25, 0.3) is 0 Å². The molecule has 0 atom stereocenters. The third kappa shape index (κ3) is 9.48. The van der Waals surface area contributed by atoms with Crippen LogP contribution in [0.1, 0.15) is 45.4 Å². The minimum Gasteiger partial charge on any atom is -0.103 e. The third-order valence-electron chi connectivity index (χ3n) is 1.76. The van der Waals surface area contributed by atoms with Gasteiger partial charge >= 0.3 is 0 Å². The molecule has 0 aromatic rings. The van der Waals surface area contributed by atoms with Gasteiger partial charge in [-0.2, -0.15) is 0 Å². The summed E-state index contributed by atoms with van der Waals surface area (Å²) in [6.45, 7) is 9.67. The predicted octanol–water partition coefficient (Wildman–Crippen LogP) is 4.09. The zero-order valence-electron chi connectivity index (χ0n) is 7.73. The lowest BCUT2D eigenvalue weighted by Crippen LogP contribution is -1.78. The maximum Gasteiger partial charge on any atom is -0.0326 e. The topological polar surface area (TPSA) is 0 Å². The molecule has 0 unspecified atom stereocenters. The number of unbranched alkanes of at least 4 members (excludes halogenated alkanes) is 4. The zero-order valence-corrected chi connectivity index (χ0v) is 7.73. The Morgan fingerprint density at radius 1 is 1.18 bits per heavy atom. The predicted molar refractivity (Wildman–Crippen MR) is 52.7 cm³/mol. The fourth-order valence-electron chi connectivity index (χ4n) is 1.07. The van der Waals surface area contributed by atoms with Crippen LogP contribution < -0.4 is 0 Å². The van der Waals surface area contributed by atoms with Gasteiger partial charge in [0.05, 0.1) is 0 Å². The lowest BCUT2D eigenvalue weighted by Gasteiger charge is -1.98. The highest BCUT2D eigenvalue weighted by atomic mass is 13.9. The summed E-state index contributed by atoms with van der Waals surface area (Å²) in [6, 6.07) is 0. The van der Waals surface area contributed by atoms with Crippen molar-refractivity contribution < 1.29 is 0 Å². The van der Waals surface area contributed by atoms with Crippen LogP contribution in [0.4, 0.5) is 0 Å². The van der Waals surface area contributed by atoms with Crippen molar-refractivity contribution in [3.05, 3.63) is 24.8 Å². The molecule has 0 amide bonds. The highest BCUT2D eigenvalue weighted by molar-refractivity contribution is 4.86. The maximum atomic E-state index is 3.87. The molecule has 0 nitrogen and oxygen atoms in total. The Morgan fingerprint density at radius 2 is 1.82 bits per heavy atom. The van der Waals surface area contributed by atoms with Crippen molar-refractivity contribution in [1.82, 2.24) is 0 Å². The molecule has 0 aliphatic heterocycles. The molecule has 0 rings (SSSR count). The summed E-state index contributed by atoms with van der Waals surface area (Å²) >= 11 is 0. The second kappa shape index (κ2) is 7.59. The largest absolute Gasteiger partial charge is 0.103 e. The van der Waals surface area contributed by atoms with Crippen molar-refractivity contribution in [2.75, 3.05) is 0 Å². The highest BCUT2D eigenvalue weighted by Crippen LogP contribution is 2.08. The minimum absolute atomic E-state index is 1.17. The van der Waals surface area contributed by atoms with Crippen LogP contribution in [-0.4, -0.2) is 0 Å². The average Bonchev–Trinajstić information content (AvgIpc) is 1.96. The van der Waals surface area contributed by atoms with E-state index < -0.39 is 0 Å². The molecular weight excluding hydrogens is 132 g/mol. The van der Waals surface area contributed by atoms with Gasteiger partial charge in [-0.15, -0.1) is 13.2 Å². The molecule has 0 radical (unpaired) electrons. The molecule has 0 saturated carbocycles. The van der Waals surface area contributed by atoms with E-state index in [-0.39, 0.29) is 0 Å². The summed E-state index contributed by atoms with van der Waals surface area (Å²) in [6.07, 6.45) is 9.69. The Kier molecular flexibility index (Phi) is 7.23. The second-order valence-corrected chi connectivity index (χ2v) is 3.20. The van der Waals surface area contributed by atoms with Crippen LogP contribution in [0.3, 0.4) is 0 Å².